The highest BCUT2D eigenvalue weighted by Crippen LogP contribution is 2.17. The molecule has 1 aliphatic heterocycles. The molecule has 1 heterocycles. The van der Waals surface area contributed by atoms with Gasteiger partial charge in [-0.1, -0.05) is 12.1 Å². The predicted octanol–water partition coefficient (Wildman–Crippen LogP) is 1.25. The van der Waals surface area contributed by atoms with E-state index in [1.54, 1.807) is 7.11 Å². The fourth-order valence-corrected chi connectivity index (χ4v) is 2.23. The van der Waals surface area contributed by atoms with Crippen molar-refractivity contribution in [2.75, 3.05) is 26.8 Å². The Balaban J connectivity index is 1.82. The van der Waals surface area contributed by atoms with Gasteiger partial charge in [0.1, 0.15) is 5.75 Å². The molecule has 1 aromatic carbocycles. The Kier molecular flexibility index (Phi) is 5.38. The molecule has 0 bridgehead atoms. The summed E-state index contributed by atoms with van der Waals surface area (Å²) in [7, 11) is 1.64. The minimum atomic E-state index is -0.0232. The van der Waals surface area contributed by atoms with E-state index in [4.69, 9.17) is 9.47 Å². The molecule has 1 amide bonds. The molecule has 1 aliphatic rings. The van der Waals surface area contributed by atoms with Crippen LogP contribution in [0.4, 0.5) is 0 Å². The lowest BCUT2D eigenvalue weighted by Crippen LogP contribution is -2.41. The van der Waals surface area contributed by atoms with Crippen LogP contribution in [0.3, 0.4) is 0 Å². The van der Waals surface area contributed by atoms with Crippen molar-refractivity contribution in [3.63, 3.8) is 0 Å². The minimum absolute atomic E-state index is 0.0158. The van der Waals surface area contributed by atoms with Crippen LogP contribution in [-0.4, -0.2) is 38.8 Å². The van der Waals surface area contributed by atoms with E-state index in [-0.39, 0.29) is 18.1 Å². The maximum atomic E-state index is 12.0. The van der Waals surface area contributed by atoms with E-state index in [0.29, 0.717) is 13.0 Å². The number of nitrogens with one attached hydrogen (secondary N) is 2. The highest BCUT2D eigenvalue weighted by atomic mass is 16.5. The lowest BCUT2D eigenvalue weighted by atomic mass is 10.1. The van der Waals surface area contributed by atoms with Crippen molar-refractivity contribution in [2.24, 2.45) is 0 Å². The van der Waals surface area contributed by atoms with Gasteiger partial charge in [-0.25, -0.2) is 0 Å². The van der Waals surface area contributed by atoms with Gasteiger partial charge in [-0.2, -0.15) is 0 Å². The number of ether oxygens (including phenoxy) is 2. The third-order valence-electron chi connectivity index (χ3n) is 3.41. The van der Waals surface area contributed by atoms with Crippen molar-refractivity contribution in [1.82, 2.24) is 10.6 Å². The average Bonchev–Trinajstić information content (AvgIpc) is 2.48. The molecular formula is C15H22N2O3. The van der Waals surface area contributed by atoms with Crippen molar-refractivity contribution < 1.29 is 14.3 Å². The predicted molar refractivity (Wildman–Crippen MR) is 76.8 cm³/mol. The monoisotopic (exact) mass is 278 g/mol. The number of hydrogen-bond acceptors (Lipinski definition) is 4. The molecule has 2 rings (SSSR count). The van der Waals surface area contributed by atoms with Crippen LogP contribution in [0.15, 0.2) is 24.3 Å². The first-order chi connectivity index (χ1) is 9.69. The highest BCUT2D eigenvalue weighted by Gasteiger charge is 2.18. The van der Waals surface area contributed by atoms with E-state index in [9.17, 15) is 4.79 Å². The van der Waals surface area contributed by atoms with Crippen LogP contribution in [0.2, 0.25) is 0 Å². The maximum Gasteiger partial charge on any atom is 0.223 e. The van der Waals surface area contributed by atoms with Crippen LogP contribution < -0.4 is 15.4 Å². The molecular weight excluding hydrogens is 256 g/mol. The van der Waals surface area contributed by atoms with Crippen LogP contribution in [0.5, 0.6) is 5.75 Å². The van der Waals surface area contributed by atoms with Gasteiger partial charge in [0.2, 0.25) is 5.91 Å². The van der Waals surface area contributed by atoms with E-state index >= 15 is 0 Å². The van der Waals surface area contributed by atoms with Crippen molar-refractivity contribution in [3.05, 3.63) is 29.8 Å². The Morgan fingerprint density at radius 2 is 2.25 bits per heavy atom. The molecule has 0 spiro atoms. The summed E-state index contributed by atoms with van der Waals surface area (Å²) in [5.41, 5.74) is 1.06. The minimum Gasteiger partial charge on any atom is -0.497 e. The van der Waals surface area contributed by atoms with Gasteiger partial charge in [-0.15, -0.1) is 0 Å². The van der Waals surface area contributed by atoms with Gasteiger partial charge in [-0.3, -0.25) is 4.79 Å². The molecule has 0 radical (unpaired) electrons. The van der Waals surface area contributed by atoms with E-state index in [2.05, 4.69) is 10.6 Å². The summed E-state index contributed by atoms with van der Waals surface area (Å²) in [5, 5.41) is 6.21. The molecule has 1 aromatic rings. The van der Waals surface area contributed by atoms with Crippen LogP contribution in [-0.2, 0) is 9.53 Å². The van der Waals surface area contributed by atoms with Gasteiger partial charge in [0.15, 0.2) is 0 Å². The molecule has 0 saturated carbocycles. The van der Waals surface area contributed by atoms with Crippen molar-refractivity contribution in [3.8, 4) is 5.75 Å². The zero-order valence-electron chi connectivity index (χ0n) is 12.0. The third-order valence-corrected chi connectivity index (χ3v) is 3.41. The average molecular weight is 278 g/mol. The standard InChI is InChI=1S/C15H22N2O3/c1-11(12-3-5-13(19-2)6-4-12)17-15(18)9-14-10-16-7-8-20-14/h3-6,11,14,16H,7-10H2,1-2H3,(H,17,18)/t11-,14?/m0/s1. The van der Waals surface area contributed by atoms with Crippen LogP contribution >= 0.6 is 0 Å². The Hall–Kier alpha value is -1.59. The van der Waals surface area contributed by atoms with Gasteiger partial charge in [-0.05, 0) is 24.6 Å². The number of carbonyl (C=O) groups excluding carboxylic acids is 1. The van der Waals surface area contributed by atoms with E-state index in [1.165, 1.54) is 0 Å². The number of rotatable bonds is 5. The zero-order valence-corrected chi connectivity index (χ0v) is 12.0. The molecule has 1 saturated heterocycles. The second-order valence-corrected chi connectivity index (χ2v) is 4.96. The fourth-order valence-electron chi connectivity index (χ4n) is 2.23. The van der Waals surface area contributed by atoms with E-state index < -0.39 is 0 Å². The van der Waals surface area contributed by atoms with Crippen molar-refractivity contribution in [2.45, 2.75) is 25.5 Å². The lowest BCUT2D eigenvalue weighted by Gasteiger charge is -2.24. The SMILES string of the molecule is COc1ccc([C@H](C)NC(=O)CC2CNCCO2)cc1. The maximum absolute atomic E-state index is 12.0. The molecule has 0 aromatic heterocycles. The summed E-state index contributed by atoms with van der Waals surface area (Å²) in [5.74, 6) is 0.830. The van der Waals surface area contributed by atoms with E-state index in [0.717, 1.165) is 24.4 Å². The topological polar surface area (TPSA) is 59.6 Å². The number of hydrogen-bond donors (Lipinski definition) is 2. The summed E-state index contributed by atoms with van der Waals surface area (Å²) < 4.78 is 10.6. The number of benzene rings is 1. The van der Waals surface area contributed by atoms with Gasteiger partial charge in [0, 0.05) is 13.1 Å². The first-order valence-electron chi connectivity index (χ1n) is 6.94. The number of amides is 1. The molecule has 1 unspecified atom stereocenters. The second-order valence-electron chi connectivity index (χ2n) is 4.96. The first-order valence-corrected chi connectivity index (χ1v) is 6.94. The summed E-state index contributed by atoms with van der Waals surface area (Å²) in [4.78, 5) is 12.0. The smallest absolute Gasteiger partial charge is 0.223 e. The Morgan fingerprint density at radius 1 is 1.50 bits per heavy atom. The second kappa shape index (κ2) is 7.26. The van der Waals surface area contributed by atoms with E-state index in [1.807, 2.05) is 31.2 Å². The summed E-state index contributed by atoms with van der Waals surface area (Å²) in [6.07, 6.45) is 0.375. The van der Waals surface area contributed by atoms with Gasteiger partial charge >= 0.3 is 0 Å². The molecule has 5 nitrogen and oxygen atoms in total. The summed E-state index contributed by atoms with van der Waals surface area (Å²) in [6.45, 7) is 4.25. The van der Waals surface area contributed by atoms with Crippen LogP contribution in [0.1, 0.15) is 24.9 Å². The third kappa shape index (κ3) is 4.21. The van der Waals surface area contributed by atoms with Crippen molar-refractivity contribution in [1.29, 1.82) is 0 Å². The molecule has 2 atom stereocenters. The summed E-state index contributed by atoms with van der Waals surface area (Å²) in [6, 6.07) is 7.69. The van der Waals surface area contributed by atoms with Gasteiger partial charge in [0.05, 0.1) is 32.3 Å². The Labute approximate surface area is 119 Å². The molecule has 0 aliphatic carbocycles. The quantitative estimate of drug-likeness (QED) is 0.851. The Morgan fingerprint density at radius 3 is 2.85 bits per heavy atom. The molecule has 5 heteroatoms. The fraction of sp³-hybridized carbons (Fsp3) is 0.533. The van der Waals surface area contributed by atoms with Crippen LogP contribution in [0, 0.1) is 0 Å². The molecule has 2 N–H and O–H groups in total. The van der Waals surface area contributed by atoms with Gasteiger partial charge < -0.3 is 20.1 Å². The molecule has 110 valence electrons. The largest absolute Gasteiger partial charge is 0.497 e. The number of morpholine rings is 1. The summed E-state index contributed by atoms with van der Waals surface area (Å²) >= 11 is 0. The van der Waals surface area contributed by atoms with Crippen molar-refractivity contribution >= 4 is 5.91 Å². The van der Waals surface area contributed by atoms with Gasteiger partial charge in [0.25, 0.3) is 0 Å². The zero-order chi connectivity index (χ0) is 14.4. The van der Waals surface area contributed by atoms with Crippen LogP contribution in [0.25, 0.3) is 0 Å². The lowest BCUT2D eigenvalue weighted by molar-refractivity contribution is -0.125. The molecule has 20 heavy (non-hydrogen) atoms. The normalized spacial score (nSPS) is 20.2. The molecule has 1 fully saturated rings. The number of methoxy groups -OCH3 is 1. The first kappa shape index (κ1) is 14.8. The highest BCUT2D eigenvalue weighted by molar-refractivity contribution is 5.77. The Bertz CT molecular complexity index is 427. The number of carbonyl (C=O) groups is 1.